The molecule has 4 aromatic carbocycles. The lowest BCUT2D eigenvalue weighted by Crippen LogP contribution is -2.46. The molecule has 0 saturated heterocycles. The fourth-order valence-electron chi connectivity index (χ4n) is 5.34. The first-order valence-electron chi connectivity index (χ1n) is 17.1. The van der Waals surface area contributed by atoms with Crippen LogP contribution in [0.5, 0.6) is 23.0 Å². The summed E-state index contributed by atoms with van der Waals surface area (Å²) in [6, 6.07) is 31.8. The zero-order chi connectivity index (χ0) is 35.0. The van der Waals surface area contributed by atoms with Gasteiger partial charge in [-0.25, -0.2) is 0 Å². The van der Waals surface area contributed by atoms with Crippen LogP contribution in [-0.2, 0) is 0 Å². The number of benzene rings is 4. The summed E-state index contributed by atoms with van der Waals surface area (Å²) in [7, 11) is -4.83. The quantitative estimate of drug-likeness (QED) is 0.0488. The summed E-state index contributed by atoms with van der Waals surface area (Å²) in [5.41, 5.74) is 25.9. The molecule has 0 atom stereocenters. The number of hydrogen-bond donors (Lipinski definition) is 4. The van der Waals surface area contributed by atoms with Gasteiger partial charge in [-0.05, 0) is 109 Å². The van der Waals surface area contributed by atoms with Crippen molar-refractivity contribution in [1.82, 2.24) is 0 Å². The fraction of sp³-hybridized carbons (Fsp3) is 0.368. The third-order valence-corrected chi connectivity index (χ3v) is 13.1. The van der Waals surface area contributed by atoms with Crippen molar-refractivity contribution in [3.8, 4) is 23.0 Å². The van der Waals surface area contributed by atoms with Crippen molar-refractivity contribution in [3.63, 3.8) is 0 Å². The molecular formula is C38H56N4O4Si2. The van der Waals surface area contributed by atoms with Crippen LogP contribution in [0.2, 0.25) is 25.2 Å². The second-order valence-corrected chi connectivity index (χ2v) is 19.3. The monoisotopic (exact) mass is 688 g/mol. The van der Waals surface area contributed by atoms with Crippen molar-refractivity contribution in [1.29, 1.82) is 0 Å². The SMILES string of the molecule is CC(C)C[Si](C)(Oc1ccc(N)cc1)Oc1ccc(N)cc1.CCCCCCCC[Si](C)(Oc1ccc(N)cc1)Oc1ccc(N)cc1. The average Bonchev–Trinajstić information content (AvgIpc) is 3.03. The topological polar surface area (TPSA) is 141 Å². The summed E-state index contributed by atoms with van der Waals surface area (Å²) >= 11 is 0. The summed E-state index contributed by atoms with van der Waals surface area (Å²) in [4.78, 5) is 0. The molecule has 0 saturated carbocycles. The standard InChI is InChI=1S/C21H32N2O2Si.C17H24N2O2Si/c1-3-4-5-6-7-8-17-26(2,24-20-13-9-18(22)10-14-20)25-21-15-11-19(23)12-16-21;1-13(2)12-22(3,20-16-8-4-14(18)5-9-16)21-17-10-6-15(19)7-11-17/h9-16H,3-8,17,22-23H2,1-2H3;4-11,13H,12,18-19H2,1-3H3. The van der Waals surface area contributed by atoms with Crippen LogP contribution in [0, 0.1) is 5.92 Å². The Hall–Kier alpha value is -4.29. The summed E-state index contributed by atoms with van der Waals surface area (Å²) in [6.45, 7) is 10.8. The van der Waals surface area contributed by atoms with Crippen molar-refractivity contribution in [2.24, 2.45) is 5.92 Å². The van der Waals surface area contributed by atoms with Crippen molar-refractivity contribution < 1.29 is 17.7 Å². The zero-order valence-corrected chi connectivity index (χ0v) is 31.4. The first-order chi connectivity index (χ1) is 22.9. The largest absolute Gasteiger partial charge is 0.512 e. The highest BCUT2D eigenvalue weighted by Gasteiger charge is 2.37. The van der Waals surface area contributed by atoms with Gasteiger partial charge in [0.1, 0.15) is 23.0 Å². The lowest BCUT2D eigenvalue weighted by molar-refractivity contribution is 0.377. The number of nitrogen functional groups attached to an aromatic ring is 4. The predicted molar refractivity (Wildman–Crippen MR) is 207 cm³/mol. The molecule has 0 amide bonds. The Bertz CT molecular complexity index is 1370. The van der Waals surface area contributed by atoms with Gasteiger partial charge in [0.15, 0.2) is 0 Å². The van der Waals surface area contributed by atoms with E-state index in [0.717, 1.165) is 64.3 Å². The van der Waals surface area contributed by atoms with Gasteiger partial charge in [-0.15, -0.1) is 0 Å². The number of hydrogen-bond acceptors (Lipinski definition) is 8. The molecular weight excluding hydrogens is 633 g/mol. The minimum atomic E-state index is -2.42. The molecule has 0 fully saturated rings. The van der Waals surface area contributed by atoms with E-state index < -0.39 is 17.1 Å². The van der Waals surface area contributed by atoms with E-state index in [9.17, 15) is 0 Å². The molecule has 0 aliphatic heterocycles. The third kappa shape index (κ3) is 14.2. The minimum Gasteiger partial charge on any atom is -0.512 e. The molecule has 0 spiro atoms. The Morgan fingerprint density at radius 3 is 1.06 bits per heavy atom. The van der Waals surface area contributed by atoms with Crippen LogP contribution in [-0.4, -0.2) is 17.1 Å². The molecule has 8 nitrogen and oxygen atoms in total. The average molecular weight is 689 g/mol. The molecule has 4 rings (SSSR count). The number of unbranched alkanes of at least 4 members (excludes halogenated alkanes) is 5. The van der Waals surface area contributed by atoms with Crippen LogP contribution in [0.15, 0.2) is 97.1 Å². The van der Waals surface area contributed by atoms with Crippen molar-refractivity contribution in [2.45, 2.75) is 84.5 Å². The molecule has 8 N–H and O–H groups in total. The second kappa shape index (κ2) is 18.9. The van der Waals surface area contributed by atoms with Crippen LogP contribution in [0.1, 0.15) is 59.3 Å². The molecule has 0 aromatic heterocycles. The zero-order valence-electron chi connectivity index (χ0n) is 29.4. The Labute approximate surface area is 290 Å². The lowest BCUT2D eigenvalue weighted by atomic mass is 10.1. The van der Waals surface area contributed by atoms with E-state index in [1.165, 1.54) is 32.1 Å². The van der Waals surface area contributed by atoms with Gasteiger partial charge in [0.05, 0.1) is 0 Å². The Morgan fingerprint density at radius 2 is 0.750 bits per heavy atom. The van der Waals surface area contributed by atoms with Crippen LogP contribution in [0.25, 0.3) is 0 Å². The highest BCUT2D eigenvalue weighted by molar-refractivity contribution is 6.68. The molecule has 0 aliphatic carbocycles. The molecule has 0 heterocycles. The Morgan fingerprint density at radius 1 is 0.458 bits per heavy atom. The van der Waals surface area contributed by atoms with Gasteiger partial charge < -0.3 is 40.6 Å². The molecule has 0 radical (unpaired) electrons. The maximum Gasteiger partial charge on any atom is 0.457 e. The summed E-state index contributed by atoms with van der Waals surface area (Å²) < 4.78 is 25.2. The van der Waals surface area contributed by atoms with Crippen molar-refractivity contribution >= 4 is 39.9 Å². The van der Waals surface area contributed by atoms with Crippen LogP contribution in [0.3, 0.4) is 0 Å². The Balaban J connectivity index is 0.000000264. The minimum absolute atomic E-state index is 0.485. The highest BCUT2D eigenvalue weighted by atomic mass is 28.4. The second-order valence-electron chi connectivity index (χ2n) is 13.1. The fourth-order valence-corrected chi connectivity index (χ4v) is 10.7. The predicted octanol–water partition coefficient (Wildman–Crippen LogP) is 9.78. The van der Waals surface area contributed by atoms with E-state index in [0.29, 0.717) is 5.92 Å². The number of anilines is 4. The van der Waals surface area contributed by atoms with E-state index in [-0.39, 0.29) is 0 Å². The van der Waals surface area contributed by atoms with E-state index in [4.69, 9.17) is 40.6 Å². The van der Waals surface area contributed by atoms with Gasteiger partial charge in [0, 0.05) is 47.9 Å². The van der Waals surface area contributed by atoms with Gasteiger partial charge in [-0.2, -0.15) is 0 Å². The van der Waals surface area contributed by atoms with Gasteiger partial charge in [-0.3, -0.25) is 0 Å². The van der Waals surface area contributed by atoms with Crippen molar-refractivity contribution in [2.75, 3.05) is 22.9 Å². The maximum absolute atomic E-state index is 6.35. The van der Waals surface area contributed by atoms with E-state index in [1.807, 2.05) is 97.1 Å². The van der Waals surface area contributed by atoms with Crippen LogP contribution < -0.4 is 40.6 Å². The number of rotatable bonds is 17. The normalized spacial score (nSPS) is 11.4. The van der Waals surface area contributed by atoms with E-state index >= 15 is 0 Å². The smallest absolute Gasteiger partial charge is 0.457 e. The van der Waals surface area contributed by atoms with Gasteiger partial charge in [0.2, 0.25) is 0 Å². The van der Waals surface area contributed by atoms with E-state index in [1.54, 1.807) is 0 Å². The molecule has 0 bridgehead atoms. The Kier molecular flexibility index (Phi) is 15.0. The van der Waals surface area contributed by atoms with Crippen LogP contribution in [0.4, 0.5) is 22.7 Å². The van der Waals surface area contributed by atoms with Crippen molar-refractivity contribution in [3.05, 3.63) is 97.1 Å². The number of nitrogens with two attached hydrogens (primary N) is 4. The summed E-state index contributed by atoms with van der Waals surface area (Å²) in [6.07, 6.45) is 7.52. The lowest BCUT2D eigenvalue weighted by Gasteiger charge is -2.29. The molecule has 10 heteroatoms. The summed E-state index contributed by atoms with van der Waals surface area (Å²) in [5, 5.41) is 0. The summed E-state index contributed by atoms with van der Waals surface area (Å²) in [5.74, 6) is 3.70. The van der Waals surface area contributed by atoms with Gasteiger partial charge in [0.25, 0.3) is 0 Å². The molecule has 48 heavy (non-hydrogen) atoms. The molecule has 4 aromatic rings. The molecule has 0 unspecified atom stereocenters. The van der Waals surface area contributed by atoms with Gasteiger partial charge >= 0.3 is 17.1 Å². The van der Waals surface area contributed by atoms with E-state index in [2.05, 4.69) is 33.9 Å². The third-order valence-electron chi connectivity index (χ3n) is 7.62. The molecule has 0 aliphatic rings. The molecule has 260 valence electrons. The van der Waals surface area contributed by atoms with Crippen LogP contribution >= 0.6 is 0 Å². The first-order valence-corrected chi connectivity index (χ1v) is 22.1. The highest BCUT2D eigenvalue weighted by Crippen LogP contribution is 2.28. The first kappa shape index (κ1) is 38.2. The van der Waals surface area contributed by atoms with Gasteiger partial charge in [-0.1, -0.05) is 52.9 Å². The maximum atomic E-state index is 6.35.